The molecule has 98 valence electrons. The fourth-order valence-electron chi connectivity index (χ4n) is 2.47. The predicted molar refractivity (Wildman–Crippen MR) is 71.7 cm³/mol. The van der Waals surface area contributed by atoms with Crippen LogP contribution in [0.1, 0.15) is 13.8 Å². The molecule has 1 aliphatic rings. The van der Waals surface area contributed by atoms with Crippen LogP contribution < -0.4 is 10.2 Å². The highest BCUT2D eigenvalue weighted by Crippen LogP contribution is 2.25. The molecular weight excluding hydrogens is 228 g/mol. The number of phenolic OH excluding ortho intramolecular Hbond substituents is 1. The number of benzene rings is 1. The Balaban J connectivity index is 2.20. The van der Waals surface area contributed by atoms with E-state index in [9.17, 15) is 9.90 Å². The van der Waals surface area contributed by atoms with Gasteiger partial charge < -0.3 is 15.3 Å². The molecule has 18 heavy (non-hydrogen) atoms. The van der Waals surface area contributed by atoms with Crippen molar-refractivity contribution in [1.29, 1.82) is 0 Å². The summed E-state index contributed by atoms with van der Waals surface area (Å²) in [5.74, 6) is 0.730. The molecule has 1 aromatic rings. The van der Waals surface area contributed by atoms with Gasteiger partial charge in [-0.3, -0.25) is 4.79 Å². The van der Waals surface area contributed by atoms with Crippen molar-refractivity contribution in [1.82, 2.24) is 5.32 Å². The van der Waals surface area contributed by atoms with Crippen LogP contribution in [0.2, 0.25) is 0 Å². The third-order valence-electron chi connectivity index (χ3n) is 3.56. The zero-order chi connectivity index (χ0) is 13.1. The van der Waals surface area contributed by atoms with E-state index in [0.29, 0.717) is 12.5 Å². The lowest BCUT2D eigenvalue weighted by atomic mass is 9.96. The topological polar surface area (TPSA) is 52.6 Å². The summed E-state index contributed by atoms with van der Waals surface area (Å²) in [5.41, 5.74) is 0.765. The zero-order valence-corrected chi connectivity index (χ0v) is 10.9. The molecule has 0 aromatic heterocycles. The Bertz CT molecular complexity index is 434. The number of amides is 1. The molecule has 1 aromatic carbocycles. The van der Waals surface area contributed by atoms with Crippen molar-refractivity contribution in [2.24, 2.45) is 11.8 Å². The molecule has 2 atom stereocenters. The molecule has 1 heterocycles. The molecule has 1 aliphatic heterocycles. The SMILES string of the molecule is CCN(C(=O)[C@@H]1CNC[C@H]1C)c1cccc(O)c1. The molecule has 4 nitrogen and oxygen atoms in total. The first-order valence-electron chi connectivity index (χ1n) is 6.44. The van der Waals surface area contributed by atoms with Gasteiger partial charge in [0.25, 0.3) is 0 Å². The van der Waals surface area contributed by atoms with Crippen molar-refractivity contribution in [3.8, 4) is 5.75 Å². The van der Waals surface area contributed by atoms with Crippen LogP contribution in [0, 0.1) is 11.8 Å². The van der Waals surface area contributed by atoms with Gasteiger partial charge in [-0.05, 0) is 31.5 Å². The summed E-state index contributed by atoms with van der Waals surface area (Å²) in [6, 6.07) is 6.86. The normalized spacial score (nSPS) is 23.0. The minimum Gasteiger partial charge on any atom is -0.508 e. The Hall–Kier alpha value is -1.55. The number of anilines is 1. The van der Waals surface area contributed by atoms with E-state index in [4.69, 9.17) is 0 Å². The summed E-state index contributed by atoms with van der Waals surface area (Å²) in [7, 11) is 0. The minimum atomic E-state index is 0.0345. The lowest BCUT2D eigenvalue weighted by Crippen LogP contribution is -2.38. The summed E-state index contributed by atoms with van der Waals surface area (Å²) in [4.78, 5) is 14.2. The van der Waals surface area contributed by atoms with Crippen molar-refractivity contribution >= 4 is 11.6 Å². The first kappa shape index (κ1) is 12.9. The molecule has 4 heteroatoms. The van der Waals surface area contributed by atoms with E-state index in [2.05, 4.69) is 12.2 Å². The molecule has 2 rings (SSSR count). The number of rotatable bonds is 3. The average Bonchev–Trinajstić information content (AvgIpc) is 2.76. The molecule has 1 saturated heterocycles. The van der Waals surface area contributed by atoms with E-state index in [1.54, 1.807) is 23.1 Å². The van der Waals surface area contributed by atoms with Gasteiger partial charge in [0.15, 0.2) is 0 Å². The Labute approximate surface area is 108 Å². The van der Waals surface area contributed by atoms with Gasteiger partial charge in [-0.1, -0.05) is 13.0 Å². The van der Waals surface area contributed by atoms with Crippen molar-refractivity contribution in [2.45, 2.75) is 13.8 Å². The largest absolute Gasteiger partial charge is 0.508 e. The fraction of sp³-hybridized carbons (Fsp3) is 0.500. The molecular formula is C14H20N2O2. The monoisotopic (exact) mass is 248 g/mol. The lowest BCUT2D eigenvalue weighted by Gasteiger charge is -2.26. The third-order valence-corrected chi connectivity index (χ3v) is 3.56. The second-order valence-corrected chi connectivity index (χ2v) is 4.84. The minimum absolute atomic E-state index is 0.0345. The molecule has 2 N–H and O–H groups in total. The second kappa shape index (κ2) is 5.40. The van der Waals surface area contributed by atoms with Gasteiger partial charge >= 0.3 is 0 Å². The maximum atomic E-state index is 12.5. The number of carbonyl (C=O) groups excluding carboxylic acids is 1. The first-order valence-corrected chi connectivity index (χ1v) is 6.44. The number of nitrogens with one attached hydrogen (secondary N) is 1. The van der Waals surface area contributed by atoms with Crippen molar-refractivity contribution < 1.29 is 9.90 Å². The van der Waals surface area contributed by atoms with E-state index in [0.717, 1.165) is 18.8 Å². The summed E-state index contributed by atoms with van der Waals surface area (Å²) < 4.78 is 0. The Morgan fingerprint density at radius 2 is 2.28 bits per heavy atom. The average molecular weight is 248 g/mol. The fourth-order valence-corrected chi connectivity index (χ4v) is 2.47. The zero-order valence-electron chi connectivity index (χ0n) is 10.9. The van der Waals surface area contributed by atoms with Crippen LogP contribution in [0.15, 0.2) is 24.3 Å². The molecule has 1 fully saturated rings. The summed E-state index contributed by atoms with van der Waals surface area (Å²) in [6.07, 6.45) is 0. The number of aromatic hydroxyl groups is 1. The molecule has 0 unspecified atom stereocenters. The van der Waals surface area contributed by atoms with Gasteiger partial charge in [-0.15, -0.1) is 0 Å². The standard InChI is InChI=1S/C14H20N2O2/c1-3-16(11-5-4-6-12(17)7-11)14(18)13-9-15-8-10(13)2/h4-7,10,13,15,17H,3,8-9H2,1-2H3/t10-,13-/m1/s1. The van der Waals surface area contributed by atoms with Crippen LogP contribution >= 0.6 is 0 Å². The summed E-state index contributed by atoms with van der Waals surface area (Å²) in [6.45, 7) is 6.31. The van der Waals surface area contributed by atoms with Crippen molar-refractivity contribution in [3.63, 3.8) is 0 Å². The van der Waals surface area contributed by atoms with E-state index in [1.807, 2.05) is 13.0 Å². The van der Waals surface area contributed by atoms with Crippen LogP contribution in [-0.2, 0) is 4.79 Å². The van der Waals surface area contributed by atoms with Crippen molar-refractivity contribution in [2.75, 3.05) is 24.5 Å². The molecule has 0 bridgehead atoms. The van der Waals surface area contributed by atoms with Crippen LogP contribution in [0.4, 0.5) is 5.69 Å². The Morgan fingerprint density at radius 3 is 2.83 bits per heavy atom. The maximum absolute atomic E-state index is 12.5. The lowest BCUT2D eigenvalue weighted by molar-refractivity contribution is -0.122. The highest BCUT2D eigenvalue weighted by molar-refractivity contribution is 5.95. The van der Waals surface area contributed by atoms with Gasteiger partial charge in [-0.25, -0.2) is 0 Å². The second-order valence-electron chi connectivity index (χ2n) is 4.84. The predicted octanol–water partition coefficient (Wildman–Crippen LogP) is 1.60. The van der Waals surface area contributed by atoms with E-state index in [-0.39, 0.29) is 17.6 Å². The quantitative estimate of drug-likeness (QED) is 0.854. The van der Waals surface area contributed by atoms with Crippen LogP contribution in [0.25, 0.3) is 0 Å². The van der Waals surface area contributed by atoms with Crippen LogP contribution in [0.3, 0.4) is 0 Å². The number of nitrogens with zero attached hydrogens (tertiary/aromatic N) is 1. The molecule has 0 saturated carbocycles. The molecule has 0 spiro atoms. The van der Waals surface area contributed by atoms with Gasteiger partial charge in [0.2, 0.25) is 5.91 Å². The van der Waals surface area contributed by atoms with Crippen molar-refractivity contribution in [3.05, 3.63) is 24.3 Å². The van der Waals surface area contributed by atoms with Crippen LogP contribution in [-0.4, -0.2) is 30.6 Å². The maximum Gasteiger partial charge on any atom is 0.231 e. The molecule has 0 aliphatic carbocycles. The van der Waals surface area contributed by atoms with E-state index in [1.165, 1.54) is 0 Å². The van der Waals surface area contributed by atoms with Gasteiger partial charge in [0.05, 0.1) is 5.92 Å². The van der Waals surface area contributed by atoms with Gasteiger partial charge in [0.1, 0.15) is 5.75 Å². The van der Waals surface area contributed by atoms with Gasteiger partial charge in [0, 0.05) is 24.8 Å². The van der Waals surface area contributed by atoms with Gasteiger partial charge in [-0.2, -0.15) is 0 Å². The molecule has 1 amide bonds. The summed E-state index contributed by atoms with van der Waals surface area (Å²) >= 11 is 0. The van der Waals surface area contributed by atoms with E-state index < -0.39 is 0 Å². The number of carbonyl (C=O) groups is 1. The smallest absolute Gasteiger partial charge is 0.231 e. The number of phenols is 1. The Kier molecular flexibility index (Phi) is 3.87. The number of hydrogen-bond donors (Lipinski definition) is 2. The van der Waals surface area contributed by atoms with Crippen LogP contribution in [0.5, 0.6) is 5.75 Å². The molecule has 0 radical (unpaired) electrons. The summed E-state index contributed by atoms with van der Waals surface area (Å²) in [5, 5.41) is 12.8. The highest BCUT2D eigenvalue weighted by Gasteiger charge is 2.32. The highest BCUT2D eigenvalue weighted by atomic mass is 16.3. The first-order chi connectivity index (χ1) is 8.63. The Morgan fingerprint density at radius 1 is 1.50 bits per heavy atom. The van der Waals surface area contributed by atoms with E-state index >= 15 is 0 Å². The third kappa shape index (κ3) is 2.48. The number of hydrogen-bond acceptors (Lipinski definition) is 3.